The molecule has 0 saturated carbocycles. The zero-order chi connectivity index (χ0) is 14.0. The molecule has 0 bridgehead atoms. The fourth-order valence-electron chi connectivity index (χ4n) is 2.16. The van der Waals surface area contributed by atoms with Crippen molar-refractivity contribution in [1.29, 1.82) is 0 Å². The molecule has 0 spiro atoms. The molecule has 104 valence electrons. The molecular weight excluding hydrogens is 317 g/mol. The van der Waals surface area contributed by atoms with E-state index in [-0.39, 0.29) is 16.1 Å². The molecular formula is C13H15BrFNO3. The standard InChI is InChI=1S/C13H15BrFNO3/c1-8-7-16(5-2-6-19-8)10-4-3-9(13(17)18)11(14)12(10)15/h3-4,8H,2,5-7H2,1H3,(H,17,18). The van der Waals surface area contributed by atoms with Crippen LogP contribution in [0.15, 0.2) is 16.6 Å². The average molecular weight is 332 g/mol. The van der Waals surface area contributed by atoms with Crippen LogP contribution in [0.2, 0.25) is 0 Å². The number of hydrogen-bond acceptors (Lipinski definition) is 3. The second-order valence-corrected chi connectivity index (χ2v) is 5.34. The van der Waals surface area contributed by atoms with Crippen LogP contribution in [0.25, 0.3) is 0 Å². The van der Waals surface area contributed by atoms with Crippen LogP contribution in [0, 0.1) is 5.82 Å². The Labute approximate surface area is 119 Å². The summed E-state index contributed by atoms with van der Waals surface area (Å²) in [6.07, 6.45) is 0.849. The van der Waals surface area contributed by atoms with E-state index in [0.717, 1.165) is 6.42 Å². The fourth-order valence-corrected chi connectivity index (χ4v) is 2.67. The second kappa shape index (κ2) is 5.88. The normalized spacial score (nSPS) is 20.2. The Kier molecular flexibility index (Phi) is 4.42. The number of anilines is 1. The van der Waals surface area contributed by atoms with Crippen molar-refractivity contribution >= 4 is 27.6 Å². The first kappa shape index (κ1) is 14.3. The number of ether oxygens (including phenoxy) is 1. The zero-order valence-corrected chi connectivity index (χ0v) is 12.1. The first-order valence-electron chi connectivity index (χ1n) is 6.08. The van der Waals surface area contributed by atoms with Gasteiger partial charge in [0, 0.05) is 19.7 Å². The minimum absolute atomic E-state index is 0.00433. The maximum Gasteiger partial charge on any atom is 0.336 e. The highest BCUT2D eigenvalue weighted by molar-refractivity contribution is 9.10. The summed E-state index contributed by atoms with van der Waals surface area (Å²) < 4.78 is 19.8. The number of benzene rings is 1. The number of aromatic carboxylic acids is 1. The molecule has 4 nitrogen and oxygen atoms in total. The van der Waals surface area contributed by atoms with Crippen molar-refractivity contribution in [3.8, 4) is 0 Å². The highest BCUT2D eigenvalue weighted by Crippen LogP contribution is 2.30. The van der Waals surface area contributed by atoms with Gasteiger partial charge in [-0.3, -0.25) is 0 Å². The van der Waals surface area contributed by atoms with E-state index in [1.807, 2.05) is 11.8 Å². The second-order valence-electron chi connectivity index (χ2n) is 4.55. The lowest BCUT2D eigenvalue weighted by Crippen LogP contribution is -2.31. The summed E-state index contributed by atoms with van der Waals surface area (Å²) in [5, 5.41) is 8.95. The van der Waals surface area contributed by atoms with E-state index in [4.69, 9.17) is 9.84 Å². The van der Waals surface area contributed by atoms with Crippen molar-refractivity contribution in [3.63, 3.8) is 0 Å². The van der Waals surface area contributed by atoms with Crippen molar-refractivity contribution < 1.29 is 19.0 Å². The van der Waals surface area contributed by atoms with Crippen molar-refractivity contribution in [2.75, 3.05) is 24.6 Å². The molecule has 2 rings (SSSR count). The van der Waals surface area contributed by atoms with E-state index in [1.165, 1.54) is 12.1 Å². The number of nitrogens with zero attached hydrogens (tertiary/aromatic N) is 1. The molecule has 1 aromatic rings. The van der Waals surface area contributed by atoms with Gasteiger partial charge < -0.3 is 14.7 Å². The number of carbonyl (C=O) groups is 1. The van der Waals surface area contributed by atoms with Gasteiger partial charge in [-0.25, -0.2) is 9.18 Å². The molecule has 0 radical (unpaired) electrons. The Hall–Kier alpha value is -1.14. The fraction of sp³-hybridized carbons (Fsp3) is 0.462. The van der Waals surface area contributed by atoms with Crippen molar-refractivity contribution in [1.82, 2.24) is 0 Å². The van der Waals surface area contributed by atoms with Gasteiger partial charge in [0.2, 0.25) is 0 Å². The van der Waals surface area contributed by atoms with Gasteiger partial charge in [0.1, 0.15) is 0 Å². The van der Waals surface area contributed by atoms with E-state index in [9.17, 15) is 9.18 Å². The molecule has 6 heteroatoms. The number of carboxylic acid groups (broad SMARTS) is 1. The summed E-state index contributed by atoms with van der Waals surface area (Å²) in [7, 11) is 0. The van der Waals surface area contributed by atoms with Gasteiger partial charge in [-0.05, 0) is 41.4 Å². The molecule has 1 aliphatic rings. The van der Waals surface area contributed by atoms with E-state index in [2.05, 4.69) is 15.9 Å². The first-order chi connectivity index (χ1) is 9.00. The summed E-state index contributed by atoms with van der Waals surface area (Å²) in [5.41, 5.74) is 0.342. The van der Waals surface area contributed by atoms with Gasteiger partial charge in [0.25, 0.3) is 0 Å². The Bertz CT molecular complexity index is 495. The van der Waals surface area contributed by atoms with Gasteiger partial charge in [-0.15, -0.1) is 0 Å². The molecule has 19 heavy (non-hydrogen) atoms. The van der Waals surface area contributed by atoms with Crippen LogP contribution in [0.4, 0.5) is 10.1 Å². The molecule has 1 N–H and O–H groups in total. The van der Waals surface area contributed by atoms with Gasteiger partial charge in [-0.2, -0.15) is 0 Å². The zero-order valence-electron chi connectivity index (χ0n) is 10.5. The van der Waals surface area contributed by atoms with E-state index in [0.29, 0.717) is 25.4 Å². The number of carboxylic acids is 1. The maximum absolute atomic E-state index is 14.3. The van der Waals surface area contributed by atoms with Crippen LogP contribution in [0.1, 0.15) is 23.7 Å². The van der Waals surface area contributed by atoms with E-state index < -0.39 is 11.8 Å². The third-order valence-corrected chi connectivity index (χ3v) is 3.86. The molecule has 1 unspecified atom stereocenters. The van der Waals surface area contributed by atoms with Crippen molar-refractivity contribution in [2.45, 2.75) is 19.4 Å². The lowest BCUT2D eigenvalue weighted by Gasteiger charge is -2.25. The minimum atomic E-state index is -1.15. The quantitative estimate of drug-likeness (QED) is 0.905. The first-order valence-corrected chi connectivity index (χ1v) is 6.88. The summed E-state index contributed by atoms with van der Waals surface area (Å²) in [5.74, 6) is -1.68. The Morgan fingerprint density at radius 1 is 1.58 bits per heavy atom. The predicted molar refractivity (Wildman–Crippen MR) is 73.3 cm³/mol. The maximum atomic E-state index is 14.3. The summed E-state index contributed by atoms with van der Waals surface area (Å²) in [6.45, 7) is 3.89. The number of rotatable bonds is 2. The van der Waals surface area contributed by atoms with Crippen LogP contribution in [-0.2, 0) is 4.74 Å². The van der Waals surface area contributed by atoms with E-state index >= 15 is 0 Å². The van der Waals surface area contributed by atoms with Crippen LogP contribution in [-0.4, -0.2) is 36.9 Å². The number of hydrogen-bond donors (Lipinski definition) is 1. The Morgan fingerprint density at radius 3 is 3.00 bits per heavy atom. The highest BCUT2D eigenvalue weighted by Gasteiger charge is 2.22. The monoisotopic (exact) mass is 331 g/mol. The van der Waals surface area contributed by atoms with Gasteiger partial charge in [0.05, 0.1) is 21.8 Å². The van der Waals surface area contributed by atoms with Crippen LogP contribution < -0.4 is 4.90 Å². The molecule has 0 amide bonds. The van der Waals surface area contributed by atoms with Crippen LogP contribution in [0.3, 0.4) is 0 Å². The van der Waals surface area contributed by atoms with Crippen LogP contribution in [0.5, 0.6) is 0 Å². The smallest absolute Gasteiger partial charge is 0.336 e. The van der Waals surface area contributed by atoms with Gasteiger partial charge in [0.15, 0.2) is 5.82 Å². The average Bonchev–Trinajstić information content (AvgIpc) is 2.56. The minimum Gasteiger partial charge on any atom is -0.478 e. The predicted octanol–water partition coefficient (Wildman–Crippen LogP) is 2.90. The molecule has 1 heterocycles. The SMILES string of the molecule is CC1CN(c2ccc(C(=O)O)c(Br)c2F)CCCO1. The molecule has 1 atom stereocenters. The van der Waals surface area contributed by atoms with Crippen molar-refractivity contribution in [2.24, 2.45) is 0 Å². The third kappa shape index (κ3) is 3.06. The number of halogens is 2. The molecule has 1 aromatic carbocycles. The largest absolute Gasteiger partial charge is 0.478 e. The van der Waals surface area contributed by atoms with Crippen LogP contribution >= 0.6 is 15.9 Å². The lowest BCUT2D eigenvalue weighted by atomic mass is 10.1. The Morgan fingerprint density at radius 2 is 2.32 bits per heavy atom. The summed E-state index contributed by atoms with van der Waals surface area (Å²) in [4.78, 5) is 12.8. The topological polar surface area (TPSA) is 49.8 Å². The molecule has 0 aliphatic carbocycles. The molecule has 1 fully saturated rings. The summed E-state index contributed by atoms with van der Waals surface area (Å²) >= 11 is 3.02. The highest BCUT2D eigenvalue weighted by atomic mass is 79.9. The Balaban J connectivity index is 2.34. The molecule has 1 aliphatic heterocycles. The van der Waals surface area contributed by atoms with Crippen molar-refractivity contribution in [3.05, 3.63) is 28.0 Å². The third-order valence-electron chi connectivity index (χ3n) is 3.09. The van der Waals surface area contributed by atoms with Gasteiger partial charge >= 0.3 is 5.97 Å². The van der Waals surface area contributed by atoms with Gasteiger partial charge in [-0.1, -0.05) is 0 Å². The molecule has 0 aromatic heterocycles. The van der Waals surface area contributed by atoms with E-state index in [1.54, 1.807) is 0 Å². The lowest BCUT2D eigenvalue weighted by molar-refractivity contribution is 0.0695. The summed E-state index contributed by atoms with van der Waals surface area (Å²) in [6, 6.07) is 2.93. The molecule has 1 saturated heterocycles.